The van der Waals surface area contributed by atoms with Crippen LogP contribution in [-0.2, 0) is 13.7 Å². The molecule has 20 heavy (non-hydrogen) atoms. The fraction of sp³-hybridized carbons (Fsp3) is 0.438. The van der Waals surface area contributed by atoms with Gasteiger partial charge in [-0.15, -0.1) is 0 Å². The standard InChI is InChI=1S/C16H23N3O/c1-5-17-13(3)15-8-12(2)6-7-16(15)20-11-14-9-18-19(4)10-14/h6-10,13,17H,5,11H2,1-4H3. The highest BCUT2D eigenvalue weighted by atomic mass is 16.5. The second-order valence-corrected chi connectivity index (χ2v) is 5.13. The average molecular weight is 273 g/mol. The van der Waals surface area contributed by atoms with Crippen LogP contribution in [0, 0.1) is 6.92 Å². The summed E-state index contributed by atoms with van der Waals surface area (Å²) in [6, 6.07) is 6.60. The predicted octanol–water partition coefficient (Wildman–Crippen LogP) is 2.98. The van der Waals surface area contributed by atoms with Crippen molar-refractivity contribution >= 4 is 0 Å². The van der Waals surface area contributed by atoms with Crippen molar-refractivity contribution in [1.82, 2.24) is 15.1 Å². The van der Waals surface area contributed by atoms with Gasteiger partial charge in [-0.2, -0.15) is 5.10 Å². The number of benzene rings is 1. The largest absolute Gasteiger partial charge is 0.488 e. The number of hydrogen-bond donors (Lipinski definition) is 1. The van der Waals surface area contributed by atoms with Crippen LogP contribution in [-0.4, -0.2) is 16.3 Å². The van der Waals surface area contributed by atoms with Gasteiger partial charge in [0.15, 0.2) is 0 Å². The number of aromatic nitrogens is 2. The van der Waals surface area contributed by atoms with Crippen LogP contribution < -0.4 is 10.1 Å². The zero-order chi connectivity index (χ0) is 14.5. The van der Waals surface area contributed by atoms with Crippen LogP contribution in [0.4, 0.5) is 0 Å². The van der Waals surface area contributed by atoms with Crippen LogP contribution in [0.5, 0.6) is 5.75 Å². The molecule has 1 atom stereocenters. The first-order chi connectivity index (χ1) is 9.60. The number of hydrogen-bond acceptors (Lipinski definition) is 3. The van der Waals surface area contributed by atoms with Gasteiger partial charge in [-0.3, -0.25) is 4.68 Å². The molecule has 1 aromatic heterocycles. The molecule has 0 spiro atoms. The Kier molecular flexibility index (Phi) is 4.79. The Morgan fingerprint density at radius 1 is 1.40 bits per heavy atom. The summed E-state index contributed by atoms with van der Waals surface area (Å²) in [4.78, 5) is 0. The minimum absolute atomic E-state index is 0.281. The third kappa shape index (κ3) is 3.61. The van der Waals surface area contributed by atoms with Crippen LogP contribution in [0.2, 0.25) is 0 Å². The number of aryl methyl sites for hydroxylation is 2. The van der Waals surface area contributed by atoms with Crippen molar-refractivity contribution in [2.45, 2.75) is 33.4 Å². The summed E-state index contributed by atoms with van der Waals surface area (Å²) < 4.78 is 7.75. The molecule has 1 N–H and O–H groups in total. The maximum atomic E-state index is 5.97. The maximum absolute atomic E-state index is 5.97. The van der Waals surface area contributed by atoms with Gasteiger partial charge in [0.2, 0.25) is 0 Å². The third-order valence-corrected chi connectivity index (χ3v) is 3.29. The van der Waals surface area contributed by atoms with Gasteiger partial charge in [-0.05, 0) is 26.5 Å². The fourth-order valence-corrected chi connectivity index (χ4v) is 2.26. The van der Waals surface area contributed by atoms with Gasteiger partial charge in [0.1, 0.15) is 12.4 Å². The molecule has 4 nitrogen and oxygen atoms in total. The molecule has 0 radical (unpaired) electrons. The first-order valence-electron chi connectivity index (χ1n) is 7.04. The van der Waals surface area contributed by atoms with Crippen LogP contribution >= 0.6 is 0 Å². The molecule has 108 valence electrons. The van der Waals surface area contributed by atoms with E-state index < -0.39 is 0 Å². The van der Waals surface area contributed by atoms with Crippen molar-refractivity contribution in [3.05, 3.63) is 47.3 Å². The van der Waals surface area contributed by atoms with Gasteiger partial charge in [0.25, 0.3) is 0 Å². The van der Waals surface area contributed by atoms with E-state index in [-0.39, 0.29) is 6.04 Å². The van der Waals surface area contributed by atoms with Crippen molar-refractivity contribution in [3.8, 4) is 5.75 Å². The summed E-state index contributed by atoms with van der Waals surface area (Å²) in [6.45, 7) is 7.87. The summed E-state index contributed by atoms with van der Waals surface area (Å²) >= 11 is 0. The predicted molar refractivity (Wildman–Crippen MR) is 80.8 cm³/mol. The molecular formula is C16H23N3O. The molecule has 0 amide bonds. The lowest BCUT2D eigenvalue weighted by molar-refractivity contribution is 0.299. The Bertz CT molecular complexity index is 563. The van der Waals surface area contributed by atoms with Gasteiger partial charge in [0, 0.05) is 30.4 Å². The van der Waals surface area contributed by atoms with Gasteiger partial charge < -0.3 is 10.1 Å². The Morgan fingerprint density at radius 2 is 2.20 bits per heavy atom. The Balaban J connectivity index is 2.13. The zero-order valence-electron chi connectivity index (χ0n) is 12.7. The van der Waals surface area contributed by atoms with E-state index in [9.17, 15) is 0 Å². The molecule has 2 rings (SSSR count). The highest BCUT2D eigenvalue weighted by molar-refractivity contribution is 5.39. The average Bonchev–Trinajstić information content (AvgIpc) is 2.83. The van der Waals surface area contributed by atoms with E-state index in [4.69, 9.17) is 4.74 Å². The monoisotopic (exact) mass is 273 g/mol. The second kappa shape index (κ2) is 6.57. The zero-order valence-corrected chi connectivity index (χ0v) is 12.7. The molecule has 1 aromatic carbocycles. The second-order valence-electron chi connectivity index (χ2n) is 5.13. The van der Waals surface area contributed by atoms with Crippen LogP contribution in [0.15, 0.2) is 30.6 Å². The number of nitrogens with one attached hydrogen (secondary N) is 1. The summed E-state index contributed by atoms with van der Waals surface area (Å²) in [5.74, 6) is 0.938. The topological polar surface area (TPSA) is 39.1 Å². The van der Waals surface area contributed by atoms with E-state index in [2.05, 4.69) is 49.4 Å². The summed E-state index contributed by atoms with van der Waals surface area (Å²) in [5.41, 5.74) is 3.53. The molecule has 2 aromatic rings. The minimum atomic E-state index is 0.281. The van der Waals surface area contributed by atoms with Gasteiger partial charge in [0.05, 0.1) is 6.20 Å². The Hall–Kier alpha value is -1.81. The number of nitrogens with zero attached hydrogens (tertiary/aromatic N) is 2. The van der Waals surface area contributed by atoms with E-state index in [1.165, 1.54) is 11.1 Å². The Morgan fingerprint density at radius 3 is 2.85 bits per heavy atom. The summed E-state index contributed by atoms with van der Waals surface area (Å²) in [5, 5.41) is 7.59. The third-order valence-electron chi connectivity index (χ3n) is 3.29. The Labute approximate surface area is 120 Å². The van der Waals surface area contributed by atoms with Crippen LogP contribution in [0.1, 0.15) is 36.6 Å². The van der Waals surface area contributed by atoms with E-state index in [1.807, 2.05) is 19.4 Å². The molecule has 0 aliphatic carbocycles. The van der Waals surface area contributed by atoms with Gasteiger partial charge >= 0.3 is 0 Å². The quantitative estimate of drug-likeness (QED) is 0.879. The first kappa shape index (κ1) is 14.6. The van der Waals surface area contributed by atoms with Crippen molar-refractivity contribution in [2.24, 2.45) is 7.05 Å². The van der Waals surface area contributed by atoms with E-state index in [0.29, 0.717) is 6.61 Å². The normalized spacial score (nSPS) is 12.4. The molecule has 4 heteroatoms. The molecule has 1 heterocycles. The number of ether oxygens (including phenoxy) is 1. The van der Waals surface area contributed by atoms with Crippen molar-refractivity contribution in [3.63, 3.8) is 0 Å². The molecule has 0 saturated heterocycles. The van der Waals surface area contributed by atoms with E-state index >= 15 is 0 Å². The van der Waals surface area contributed by atoms with Crippen molar-refractivity contribution < 1.29 is 4.74 Å². The molecule has 0 aliphatic heterocycles. The maximum Gasteiger partial charge on any atom is 0.124 e. The van der Waals surface area contributed by atoms with Crippen molar-refractivity contribution in [2.75, 3.05) is 6.54 Å². The van der Waals surface area contributed by atoms with Gasteiger partial charge in [-0.1, -0.05) is 24.6 Å². The highest BCUT2D eigenvalue weighted by Crippen LogP contribution is 2.27. The van der Waals surface area contributed by atoms with E-state index in [1.54, 1.807) is 4.68 Å². The molecule has 1 unspecified atom stereocenters. The number of rotatable bonds is 6. The van der Waals surface area contributed by atoms with Gasteiger partial charge in [-0.25, -0.2) is 0 Å². The molecular weight excluding hydrogens is 250 g/mol. The van der Waals surface area contributed by atoms with Crippen LogP contribution in [0.25, 0.3) is 0 Å². The fourth-order valence-electron chi connectivity index (χ4n) is 2.26. The minimum Gasteiger partial charge on any atom is -0.488 e. The van der Waals surface area contributed by atoms with E-state index in [0.717, 1.165) is 17.9 Å². The summed E-state index contributed by atoms with van der Waals surface area (Å²) in [7, 11) is 1.91. The molecule has 0 aliphatic rings. The lowest BCUT2D eigenvalue weighted by Crippen LogP contribution is -2.18. The molecule has 0 fully saturated rings. The molecule has 0 bridgehead atoms. The van der Waals surface area contributed by atoms with Crippen LogP contribution in [0.3, 0.4) is 0 Å². The van der Waals surface area contributed by atoms with Crippen molar-refractivity contribution in [1.29, 1.82) is 0 Å². The first-order valence-corrected chi connectivity index (χ1v) is 7.04. The summed E-state index contributed by atoms with van der Waals surface area (Å²) in [6.07, 6.45) is 3.81. The molecule has 0 saturated carbocycles. The smallest absolute Gasteiger partial charge is 0.124 e. The SMILES string of the molecule is CCNC(C)c1cc(C)ccc1OCc1cnn(C)c1. The lowest BCUT2D eigenvalue weighted by Gasteiger charge is -2.18. The lowest BCUT2D eigenvalue weighted by atomic mass is 10.0. The highest BCUT2D eigenvalue weighted by Gasteiger charge is 2.11.